The highest BCUT2D eigenvalue weighted by Gasteiger charge is 2.45. The summed E-state index contributed by atoms with van der Waals surface area (Å²) in [5.41, 5.74) is -4.47. The summed E-state index contributed by atoms with van der Waals surface area (Å²) in [6.45, 7) is 1.98. The van der Waals surface area contributed by atoms with Crippen LogP contribution >= 0.6 is 22.9 Å². The van der Waals surface area contributed by atoms with Crippen LogP contribution in [-0.4, -0.2) is 29.1 Å². The van der Waals surface area contributed by atoms with E-state index in [1.807, 2.05) is 6.92 Å². The van der Waals surface area contributed by atoms with E-state index in [1.54, 1.807) is 5.38 Å². The SMILES string of the molecule is CCCc1nnc(-c2nc(-c3ccc(CS(=O)(=O)C(F)(F)F)cc3Cl)cs2)o1. The van der Waals surface area contributed by atoms with Crippen LogP contribution in [0.25, 0.3) is 22.2 Å². The summed E-state index contributed by atoms with van der Waals surface area (Å²) in [4.78, 5) is 4.37. The number of rotatable bonds is 6. The fraction of sp³-hybridized carbons (Fsp3) is 0.312. The highest BCUT2D eigenvalue weighted by Crippen LogP contribution is 2.34. The van der Waals surface area contributed by atoms with Crippen LogP contribution in [0.5, 0.6) is 0 Å². The van der Waals surface area contributed by atoms with Crippen LogP contribution < -0.4 is 0 Å². The molecule has 0 bridgehead atoms. The van der Waals surface area contributed by atoms with E-state index in [-0.39, 0.29) is 16.5 Å². The standard InChI is InChI=1S/C16H13ClF3N3O3S2/c1-2-3-13-22-23-14(26-13)15-21-12(7-27-15)10-5-4-9(6-11(10)17)8-28(24,25)16(18,19)20/h4-7H,2-3,8H2,1H3. The van der Waals surface area contributed by atoms with Gasteiger partial charge in [-0.15, -0.1) is 21.5 Å². The lowest BCUT2D eigenvalue weighted by molar-refractivity contribution is -0.0437. The first-order valence-electron chi connectivity index (χ1n) is 7.97. The maximum Gasteiger partial charge on any atom is 0.497 e. The third kappa shape index (κ3) is 4.36. The highest BCUT2D eigenvalue weighted by atomic mass is 35.5. The fourth-order valence-electron chi connectivity index (χ4n) is 2.31. The van der Waals surface area contributed by atoms with Crippen LogP contribution in [0.3, 0.4) is 0 Å². The van der Waals surface area contributed by atoms with E-state index in [2.05, 4.69) is 15.2 Å². The zero-order chi connectivity index (χ0) is 20.5. The molecule has 0 saturated heterocycles. The minimum atomic E-state index is -5.32. The number of thiazole rings is 1. The average Bonchev–Trinajstić information content (AvgIpc) is 3.23. The van der Waals surface area contributed by atoms with Crippen molar-refractivity contribution >= 4 is 32.8 Å². The maximum absolute atomic E-state index is 12.5. The molecule has 0 atom stereocenters. The van der Waals surface area contributed by atoms with Gasteiger partial charge in [0.1, 0.15) is 0 Å². The zero-order valence-electron chi connectivity index (χ0n) is 14.3. The molecule has 0 saturated carbocycles. The molecule has 3 rings (SSSR count). The van der Waals surface area contributed by atoms with E-state index >= 15 is 0 Å². The van der Waals surface area contributed by atoms with Crippen molar-refractivity contribution < 1.29 is 26.0 Å². The van der Waals surface area contributed by atoms with Gasteiger partial charge < -0.3 is 4.42 Å². The predicted octanol–water partition coefficient (Wildman–Crippen LogP) is 4.90. The fourth-order valence-corrected chi connectivity index (χ4v) is 4.13. The first-order valence-corrected chi connectivity index (χ1v) is 10.9. The van der Waals surface area contributed by atoms with Gasteiger partial charge in [-0.2, -0.15) is 13.2 Å². The van der Waals surface area contributed by atoms with Gasteiger partial charge in [0.15, 0.2) is 5.01 Å². The molecular formula is C16H13ClF3N3O3S2. The second-order valence-electron chi connectivity index (χ2n) is 5.81. The van der Waals surface area contributed by atoms with Gasteiger partial charge in [0.2, 0.25) is 5.89 Å². The molecule has 0 radical (unpaired) electrons. The lowest BCUT2D eigenvalue weighted by atomic mass is 10.1. The molecule has 2 aromatic heterocycles. The molecule has 3 aromatic rings. The van der Waals surface area contributed by atoms with Crippen molar-refractivity contribution in [1.29, 1.82) is 0 Å². The summed E-state index contributed by atoms with van der Waals surface area (Å²) in [6.07, 6.45) is 1.51. The van der Waals surface area contributed by atoms with Crippen molar-refractivity contribution in [3.63, 3.8) is 0 Å². The Bertz CT molecular complexity index is 1090. The molecule has 28 heavy (non-hydrogen) atoms. The monoisotopic (exact) mass is 451 g/mol. The second kappa shape index (κ2) is 7.80. The van der Waals surface area contributed by atoms with Crippen LogP contribution in [-0.2, 0) is 22.0 Å². The van der Waals surface area contributed by atoms with Gasteiger partial charge in [0, 0.05) is 17.4 Å². The Balaban J connectivity index is 1.84. The van der Waals surface area contributed by atoms with Gasteiger partial charge in [0.25, 0.3) is 15.7 Å². The number of aryl methyl sites for hydroxylation is 1. The molecule has 0 amide bonds. The molecule has 1 aromatic carbocycles. The third-order valence-corrected chi connectivity index (χ3v) is 6.20. The zero-order valence-corrected chi connectivity index (χ0v) is 16.7. The Hall–Kier alpha value is -1.98. The van der Waals surface area contributed by atoms with Gasteiger partial charge in [-0.05, 0) is 18.1 Å². The molecule has 0 fully saturated rings. The summed E-state index contributed by atoms with van der Waals surface area (Å²) in [5, 5.41) is 10.1. The first-order chi connectivity index (χ1) is 13.1. The quantitative estimate of drug-likeness (QED) is 0.529. The van der Waals surface area contributed by atoms with E-state index in [0.717, 1.165) is 6.42 Å². The highest BCUT2D eigenvalue weighted by molar-refractivity contribution is 7.91. The van der Waals surface area contributed by atoms with Gasteiger partial charge in [-0.25, -0.2) is 13.4 Å². The van der Waals surface area contributed by atoms with E-state index in [4.69, 9.17) is 16.0 Å². The first kappa shape index (κ1) is 20.7. The van der Waals surface area contributed by atoms with Gasteiger partial charge in [-0.1, -0.05) is 30.7 Å². The number of hydrogen-bond donors (Lipinski definition) is 0. The van der Waals surface area contributed by atoms with E-state index in [1.165, 1.54) is 29.5 Å². The lowest BCUT2D eigenvalue weighted by Gasteiger charge is -2.09. The Morgan fingerprint density at radius 3 is 2.64 bits per heavy atom. The lowest BCUT2D eigenvalue weighted by Crippen LogP contribution is -2.24. The Morgan fingerprint density at radius 1 is 1.25 bits per heavy atom. The van der Waals surface area contributed by atoms with Gasteiger partial charge in [0.05, 0.1) is 16.5 Å². The summed E-state index contributed by atoms with van der Waals surface area (Å²) in [7, 11) is -5.28. The van der Waals surface area contributed by atoms with Crippen molar-refractivity contribution in [2.75, 3.05) is 0 Å². The van der Waals surface area contributed by atoms with Crippen molar-refractivity contribution in [1.82, 2.24) is 15.2 Å². The molecular weight excluding hydrogens is 439 g/mol. The van der Waals surface area contributed by atoms with E-state index < -0.39 is 21.1 Å². The van der Waals surface area contributed by atoms with Crippen LogP contribution in [0.15, 0.2) is 28.0 Å². The summed E-state index contributed by atoms with van der Waals surface area (Å²) in [6, 6.07) is 3.89. The number of halogens is 4. The number of hydrogen-bond acceptors (Lipinski definition) is 7. The molecule has 0 N–H and O–H groups in total. The summed E-state index contributed by atoms with van der Waals surface area (Å²) < 4.78 is 65.7. The number of alkyl halides is 3. The number of nitrogens with zero attached hydrogens (tertiary/aromatic N) is 3. The van der Waals surface area contributed by atoms with Crippen LogP contribution in [0.2, 0.25) is 5.02 Å². The summed E-state index contributed by atoms with van der Waals surface area (Å²) in [5.74, 6) is -0.410. The molecule has 12 heteroatoms. The van der Waals surface area contributed by atoms with Crippen molar-refractivity contribution in [3.05, 3.63) is 40.1 Å². The number of sulfone groups is 1. The van der Waals surface area contributed by atoms with Crippen LogP contribution in [0, 0.1) is 0 Å². The minimum absolute atomic E-state index is 0.0670. The second-order valence-corrected chi connectivity index (χ2v) is 9.05. The molecule has 2 heterocycles. The molecule has 0 unspecified atom stereocenters. The maximum atomic E-state index is 12.5. The van der Waals surface area contributed by atoms with Crippen LogP contribution in [0.4, 0.5) is 13.2 Å². The Labute approximate surface area is 167 Å². The molecule has 0 aliphatic rings. The number of benzene rings is 1. The predicted molar refractivity (Wildman–Crippen MR) is 98.5 cm³/mol. The van der Waals surface area contributed by atoms with Crippen LogP contribution in [0.1, 0.15) is 24.8 Å². The summed E-state index contributed by atoms with van der Waals surface area (Å²) >= 11 is 7.39. The third-order valence-electron chi connectivity index (χ3n) is 3.64. The minimum Gasteiger partial charge on any atom is -0.419 e. The molecule has 0 aliphatic heterocycles. The Morgan fingerprint density at radius 2 is 2.00 bits per heavy atom. The van der Waals surface area contributed by atoms with Crippen molar-refractivity contribution in [2.45, 2.75) is 31.0 Å². The largest absolute Gasteiger partial charge is 0.497 e. The molecule has 0 aliphatic carbocycles. The van der Waals surface area contributed by atoms with E-state index in [0.29, 0.717) is 28.6 Å². The molecule has 150 valence electrons. The smallest absolute Gasteiger partial charge is 0.419 e. The molecule has 0 spiro atoms. The molecule has 6 nitrogen and oxygen atoms in total. The number of aromatic nitrogens is 3. The van der Waals surface area contributed by atoms with E-state index in [9.17, 15) is 21.6 Å². The van der Waals surface area contributed by atoms with Gasteiger partial charge in [-0.3, -0.25) is 0 Å². The topological polar surface area (TPSA) is 86.0 Å². The van der Waals surface area contributed by atoms with Crippen molar-refractivity contribution in [3.8, 4) is 22.2 Å². The Kier molecular flexibility index (Phi) is 5.78. The normalized spacial score (nSPS) is 12.5. The average molecular weight is 452 g/mol. The van der Waals surface area contributed by atoms with Crippen molar-refractivity contribution in [2.24, 2.45) is 0 Å². The van der Waals surface area contributed by atoms with Gasteiger partial charge >= 0.3 is 5.51 Å².